The largest absolute Gasteiger partial charge is 0.330 e. The molecule has 0 aromatic rings. The van der Waals surface area contributed by atoms with E-state index in [9.17, 15) is 8.42 Å². The summed E-state index contributed by atoms with van der Waals surface area (Å²) in [5.74, 6) is 0.212. The maximum atomic E-state index is 11.9. The summed E-state index contributed by atoms with van der Waals surface area (Å²) in [7, 11) is -3.02. The van der Waals surface area contributed by atoms with Gasteiger partial charge in [0.25, 0.3) is 0 Å². The highest BCUT2D eigenvalue weighted by atomic mass is 32.2. The van der Waals surface area contributed by atoms with Crippen molar-refractivity contribution in [1.29, 1.82) is 0 Å². The van der Waals surface area contributed by atoms with Crippen LogP contribution in [0.25, 0.3) is 0 Å². The summed E-state index contributed by atoms with van der Waals surface area (Å²) >= 11 is 0. The first-order valence-corrected chi connectivity index (χ1v) is 7.36. The molecule has 5 heteroatoms. The molecule has 0 amide bonds. The summed E-state index contributed by atoms with van der Waals surface area (Å²) < 4.78 is 25.5. The van der Waals surface area contributed by atoms with E-state index in [1.54, 1.807) is 11.2 Å². The lowest BCUT2D eigenvalue weighted by Crippen LogP contribution is -2.43. The van der Waals surface area contributed by atoms with Crippen molar-refractivity contribution >= 4 is 10.0 Å². The Hall–Kier alpha value is -0.130. The van der Waals surface area contributed by atoms with Gasteiger partial charge in [0.2, 0.25) is 10.0 Å². The van der Waals surface area contributed by atoms with Crippen molar-refractivity contribution in [3.05, 3.63) is 0 Å². The summed E-state index contributed by atoms with van der Waals surface area (Å²) in [5, 5.41) is 0. The van der Waals surface area contributed by atoms with Crippen LogP contribution in [0.15, 0.2) is 0 Å². The minimum atomic E-state index is -3.02. The van der Waals surface area contributed by atoms with Crippen LogP contribution < -0.4 is 5.73 Å². The standard InChI is InChI=1S/C10H20N2O2S/c1-2-15(13,14)12-7-6-10(8-11)5-3-4-9(10)12/h9H,2-8,11H2,1H3/t9-,10-/m1/s1. The highest BCUT2D eigenvalue weighted by Gasteiger charge is 2.52. The molecule has 1 saturated heterocycles. The van der Waals surface area contributed by atoms with E-state index in [0.29, 0.717) is 13.1 Å². The predicted octanol–water partition coefficient (Wildman–Crippen LogP) is 0.539. The first-order chi connectivity index (χ1) is 7.06. The van der Waals surface area contributed by atoms with E-state index in [4.69, 9.17) is 5.73 Å². The van der Waals surface area contributed by atoms with Gasteiger partial charge in [-0.3, -0.25) is 0 Å². The van der Waals surface area contributed by atoms with Crippen LogP contribution in [0.1, 0.15) is 32.6 Å². The zero-order valence-corrected chi connectivity index (χ0v) is 10.1. The lowest BCUT2D eigenvalue weighted by molar-refractivity contribution is 0.257. The van der Waals surface area contributed by atoms with E-state index in [1.165, 1.54) is 0 Å². The topological polar surface area (TPSA) is 63.4 Å². The summed E-state index contributed by atoms with van der Waals surface area (Å²) in [5.41, 5.74) is 5.93. The van der Waals surface area contributed by atoms with E-state index in [2.05, 4.69) is 0 Å². The second kappa shape index (κ2) is 3.71. The Morgan fingerprint density at radius 1 is 1.47 bits per heavy atom. The van der Waals surface area contributed by atoms with Crippen LogP contribution in [0.5, 0.6) is 0 Å². The average Bonchev–Trinajstić information content (AvgIpc) is 2.74. The molecule has 0 bridgehead atoms. The van der Waals surface area contributed by atoms with Gasteiger partial charge in [-0.05, 0) is 32.7 Å². The molecule has 2 atom stereocenters. The third kappa shape index (κ3) is 1.61. The Bertz CT molecular complexity index is 341. The van der Waals surface area contributed by atoms with E-state index in [1.807, 2.05) is 0 Å². The van der Waals surface area contributed by atoms with Crippen molar-refractivity contribution in [2.45, 2.75) is 38.6 Å². The molecule has 0 unspecified atom stereocenters. The van der Waals surface area contributed by atoms with Gasteiger partial charge in [-0.15, -0.1) is 0 Å². The Morgan fingerprint density at radius 2 is 2.20 bits per heavy atom. The molecule has 2 rings (SSSR count). The van der Waals surface area contributed by atoms with Gasteiger partial charge in [-0.2, -0.15) is 4.31 Å². The number of hydrogen-bond donors (Lipinski definition) is 1. The van der Waals surface area contributed by atoms with Gasteiger partial charge in [0.05, 0.1) is 5.75 Å². The van der Waals surface area contributed by atoms with Gasteiger partial charge in [-0.1, -0.05) is 6.42 Å². The molecule has 0 aromatic carbocycles. The summed E-state index contributed by atoms with van der Waals surface area (Å²) in [6.07, 6.45) is 4.17. The molecular weight excluding hydrogens is 212 g/mol. The van der Waals surface area contributed by atoms with Crippen molar-refractivity contribution in [2.24, 2.45) is 11.1 Å². The Kier molecular flexibility index (Phi) is 2.81. The Morgan fingerprint density at radius 3 is 2.80 bits per heavy atom. The number of nitrogens with two attached hydrogens (primary N) is 1. The Balaban J connectivity index is 2.26. The molecular formula is C10H20N2O2S. The van der Waals surface area contributed by atoms with Crippen molar-refractivity contribution in [3.63, 3.8) is 0 Å². The van der Waals surface area contributed by atoms with Crippen LogP contribution in [0.2, 0.25) is 0 Å². The number of sulfonamides is 1. The highest BCUT2D eigenvalue weighted by Crippen LogP contribution is 2.48. The molecule has 1 aliphatic heterocycles. The van der Waals surface area contributed by atoms with Gasteiger partial charge in [-0.25, -0.2) is 8.42 Å². The van der Waals surface area contributed by atoms with Gasteiger partial charge >= 0.3 is 0 Å². The second-order valence-corrected chi connectivity index (χ2v) is 6.95. The van der Waals surface area contributed by atoms with E-state index >= 15 is 0 Å². The summed E-state index contributed by atoms with van der Waals surface area (Å²) in [6.45, 7) is 3.03. The smallest absolute Gasteiger partial charge is 0.214 e. The molecule has 0 aromatic heterocycles. The molecule has 4 nitrogen and oxygen atoms in total. The maximum absolute atomic E-state index is 11.9. The normalized spacial score (nSPS) is 37.1. The number of hydrogen-bond acceptors (Lipinski definition) is 3. The van der Waals surface area contributed by atoms with Crippen molar-refractivity contribution in [1.82, 2.24) is 4.31 Å². The average molecular weight is 232 g/mol. The van der Waals surface area contributed by atoms with E-state index in [-0.39, 0.29) is 17.2 Å². The van der Waals surface area contributed by atoms with Crippen LogP contribution in [0.3, 0.4) is 0 Å². The molecule has 15 heavy (non-hydrogen) atoms. The number of rotatable bonds is 3. The van der Waals surface area contributed by atoms with Crippen LogP contribution in [0.4, 0.5) is 0 Å². The van der Waals surface area contributed by atoms with Crippen LogP contribution in [0, 0.1) is 5.41 Å². The molecule has 2 fully saturated rings. The van der Waals surface area contributed by atoms with Crippen LogP contribution >= 0.6 is 0 Å². The van der Waals surface area contributed by atoms with Gasteiger partial charge in [0.15, 0.2) is 0 Å². The molecule has 1 saturated carbocycles. The molecule has 88 valence electrons. The minimum Gasteiger partial charge on any atom is -0.330 e. The SMILES string of the molecule is CCS(=O)(=O)N1CC[C@@]2(CN)CCC[C@@H]12. The summed E-state index contributed by atoms with van der Waals surface area (Å²) in [6, 6.07) is 0.187. The van der Waals surface area contributed by atoms with Crippen molar-refractivity contribution in [2.75, 3.05) is 18.8 Å². The first-order valence-electron chi connectivity index (χ1n) is 5.75. The quantitative estimate of drug-likeness (QED) is 0.772. The molecule has 2 N–H and O–H groups in total. The molecule has 0 radical (unpaired) electrons. The van der Waals surface area contributed by atoms with Gasteiger partial charge in [0.1, 0.15) is 0 Å². The molecule has 0 spiro atoms. The fraction of sp³-hybridized carbons (Fsp3) is 1.00. The lowest BCUT2D eigenvalue weighted by atomic mass is 9.83. The number of nitrogens with zero attached hydrogens (tertiary/aromatic N) is 1. The number of fused-ring (bicyclic) bond motifs is 1. The van der Waals surface area contributed by atoms with Crippen molar-refractivity contribution in [3.8, 4) is 0 Å². The minimum absolute atomic E-state index is 0.0994. The zero-order valence-electron chi connectivity index (χ0n) is 9.28. The Labute approximate surface area is 91.9 Å². The maximum Gasteiger partial charge on any atom is 0.214 e. The first kappa shape index (κ1) is 11.4. The summed E-state index contributed by atoms with van der Waals surface area (Å²) in [4.78, 5) is 0. The highest BCUT2D eigenvalue weighted by molar-refractivity contribution is 7.89. The fourth-order valence-electron chi connectivity index (χ4n) is 3.19. The predicted molar refractivity (Wildman–Crippen MR) is 59.9 cm³/mol. The second-order valence-electron chi connectivity index (χ2n) is 4.74. The third-order valence-electron chi connectivity index (χ3n) is 4.17. The lowest BCUT2D eigenvalue weighted by Gasteiger charge is -2.30. The third-order valence-corrected chi connectivity index (χ3v) is 6.05. The van der Waals surface area contributed by atoms with Gasteiger partial charge < -0.3 is 5.73 Å². The van der Waals surface area contributed by atoms with Crippen molar-refractivity contribution < 1.29 is 8.42 Å². The monoisotopic (exact) mass is 232 g/mol. The zero-order chi connectivity index (χ0) is 11.1. The van der Waals surface area contributed by atoms with E-state index < -0.39 is 10.0 Å². The van der Waals surface area contributed by atoms with E-state index in [0.717, 1.165) is 25.7 Å². The molecule has 1 aliphatic carbocycles. The van der Waals surface area contributed by atoms with Crippen LogP contribution in [-0.2, 0) is 10.0 Å². The van der Waals surface area contributed by atoms with Gasteiger partial charge in [0, 0.05) is 18.0 Å². The molecule has 2 aliphatic rings. The van der Waals surface area contributed by atoms with Crippen LogP contribution in [-0.4, -0.2) is 37.6 Å². The fourth-order valence-corrected chi connectivity index (χ4v) is 4.61. The molecule has 1 heterocycles.